The van der Waals surface area contributed by atoms with E-state index in [2.05, 4.69) is 5.32 Å². The van der Waals surface area contributed by atoms with Gasteiger partial charge in [-0.1, -0.05) is 13.8 Å². The third-order valence-electron chi connectivity index (χ3n) is 2.27. The van der Waals surface area contributed by atoms with Crippen molar-refractivity contribution < 1.29 is 19.8 Å². The number of carbonyl (C=O) groups is 2. The number of likely N-dealkylation sites (N-methyl/N-ethyl adjacent to an activating group) is 1. The first kappa shape index (κ1) is 15.2. The van der Waals surface area contributed by atoms with Gasteiger partial charge in [-0.2, -0.15) is 0 Å². The Morgan fingerprint density at radius 2 is 1.76 bits per heavy atom. The summed E-state index contributed by atoms with van der Waals surface area (Å²) in [5, 5.41) is 27.5. The maximum Gasteiger partial charge on any atom is 0.341 e. The Morgan fingerprint density at radius 1 is 1.29 bits per heavy atom. The minimum Gasteiger partial charge on any atom is -0.480 e. The first-order valence-electron chi connectivity index (χ1n) is 4.97. The molecule has 0 amide bonds. The number of nitrogens with two attached hydrogens (primary N) is 1. The third kappa shape index (κ3) is 4.27. The lowest BCUT2D eigenvalue weighted by Gasteiger charge is -2.29. The molecule has 98 valence electrons. The number of carboxylic acid groups (broad SMARTS) is 2. The van der Waals surface area contributed by atoms with Crippen LogP contribution in [0.5, 0.6) is 0 Å². The lowest BCUT2D eigenvalue weighted by molar-refractivity contribution is -0.146. The van der Waals surface area contributed by atoms with Crippen LogP contribution in [0.3, 0.4) is 0 Å². The quantitative estimate of drug-likeness (QED) is 0.228. The lowest BCUT2D eigenvalue weighted by atomic mass is 10.0. The summed E-state index contributed by atoms with van der Waals surface area (Å²) in [6.07, 6.45) is -1.35. The van der Waals surface area contributed by atoms with E-state index in [0.29, 0.717) is 0 Å². The van der Waals surface area contributed by atoms with Gasteiger partial charge in [-0.25, -0.2) is 4.79 Å². The first-order chi connectivity index (χ1) is 7.68. The molecule has 0 aromatic carbocycles. The van der Waals surface area contributed by atoms with Crippen LogP contribution in [0.25, 0.3) is 0 Å². The predicted molar refractivity (Wildman–Crippen MR) is 60.5 cm³/mol. The van der Waals surface area contributed by atoms with E-state index in [-0.39, 0.29) is 5.92 Å². The highest BCUT2D eigenvalue weighted by atomic mass is 16.4. The van der Waals surface area contributed by atoms with Gasteiger partial charge in [-0.15, -0.1) is 0 Å². The fourth-order valence-electron chi connectivity index (χ4n) is 1.21. The van der Waals surface area contributed by atoms with E-state index in [4.69, 9.17) is 21.4 Å². The zero-order valence-corrected chi connectivity index (χ0v) is 9.97. The van der Waals surface area contributed by atoms with E-state index >= 15 is 0 Å². The number of carboxylic acids is 2. The lowest BCUT2D eigenvalue weighted by Crippen LogP contribution is -2.59. The van der Waals surface area contributed by atoms with Crippen LogP contribution in [0.1, 0.15) is 13.8 Å². The van der Waals surface area contributed by atoms with Gasteiger partial charge in [0.25, 0.3) is 0 Å². The monoisotopic (exact) mass is 246 g/mol. The summed E-state index contributed by atoms with van der Waals surface area (Å²) in [6, 6.07) is -1.03. The number of hydrogen-bond donors (Lipinski definition) is 5. The second kappa shape index (κ2) is 6.04. The molecule has 8 nitrogen and oxygen atoms in total. The van der Waals surface area contributed by atoms with Crippen LogP contribution >= 0.6 is 0 Å². The summed E-state index contributed by atoms with van der Waals surface area (Å²) in [5.74, 6) is -3.20. The molecule has 2 atom stereocenters. The number of aliphatic carboxylic acids is 2. The molecule has 0 spiro atoms. The SMILES string of the molecule is CC(C)[C@H](NC(C(=O)O)N(C)C(=N)N)C(=O)O. The Hall–Kier alpha value is -1.83. The molecule has 0 fully saturated rings. The Morgan fingerprint density at radius 3 is 2.00 bits per heavy atom. The van der Waals surface area contributed by atoms with Crippen LogP contribution < -0.4 is 11.1 Å². The molecule has 1 unspecified atom stereocenters. The van der Waals surface area contributed by atoms with Crippen molar-refractivity contribution in [1.82, 2.24) is 10.2 Å². The normalized spacial score (nSPS) is 14.1. The molecule has 0 rings (SSSR count). The molecule has 8 heteroatoms. The molecule has 0 heterocycles. The molecule has 0 bridgehead atoms. The van der Waals surface area contributed by atoms with Gasteiger partial charge in [0, 0.05) is 7.05 Å². The van der Waals surface area contributed by atoms with Crippen LogP contribution in [0.4, 0.5) is 0 Å². The van der Waals surface area contributed by atoms with Crippen molar-refractivity contribution in [3.8, 4) is 0 Å². The van der Waals surface area contributed by atoms with E-state index in [0.717, 1.165) is 4.90 Å². The van der Waals surface area contributed by atoms with Crippen LogP contribution in [0, 0.1) is 11.3 Å². The Balaban J connectivity index is 4.92. The van der Waals surface area contributed by atoms with Crippen molar-refractivity contribution in [1.29, 1.82) is 5.41 Å². The summed E-state index contributed by atoms with van der Waals surface area (Å²) in [6.45, 7) is 3.30. The molecule has 6 N–H and O–H groups in total. The summed E-state index contributed by atoms with van der Waals surface area (Å²) in [7, 11) is 1.30. The summed E-state index contributed by atoms with van der Waals surface area (Å²) in [5.41, 5.74) is 5.16. The van der Waals surface area contributed by atoms with Crippen molar-refractivity contribution in [3.05, 3.63) is 0 Å². The van der Waals surface area contributed by atoms with Crippen molar-refractivity contribution in [3.63, 3.8) is 0 Å². The van der Waals surface area contributed by atoms with Gasteiger partial charge in [-0.05, 0) is 5.92 Å². The fraction of sp³-hybridized carbons (Fsp3) is 0.667. The molecule has 0 saturated carbocycles. The number of hydrogen-bond acceptors (Lipinski definition) is 4. The van der Waals surface area contributed by atoms with Crippen molar-refractivity contribution >= 4 is 17.9 Å². The summed E-state index contributed by atoms with van der Waals surface area (Å²) < 4.78 is 0. The molecule has 17 heavy (non-hydrogen) atoms. The Labute approximate surface area is 98.9 Å². The van der Waals surface area contributed by atoms with Gasteiger partial charge in [0.15, 0.2) is 12.1 Å². The van der Waals surface area contributed by atoms with E-state index in [9.17, 15) is 9.59 Å². The topological polar surface area (TPSA) is 140 Å². The average molecular weight is 246 g/mol. The predicted octanol–water partition coefficient (Wildman–Crippen LogP) is -1.08. The molecule has 0 aliphatic heterocycles. The second-order valence-corrected chi connectivity index (χ2v) is 3.96. The standard InChI is InChI=1S/C9H18N4O4/c1-4(2)5(7(14)15)12-6(8(16)17)13(3)9(10)11/h4-6,12H,1-3H3,(H3,10,11)(H,14,15)(H,16,17)/t5-,6?/m0/s1. The van der Waals surface area contributed by atoms with E-state index in [1.807, 2.05) is 0 Å². The van der Waals surface area contributed by atoms with Gasteiger partial charge in [0.1, 0.15) is 6.04 Å². The number of nitrogens with one attached hydrogen (secondary N) is 2. The maximum absolute atomic E-state index is 11.0. The largest absolute Gasteiger partial charge is 0.480 e. The highest BCUT2D eigenvalue weighted by Gasteiger charge is 2.31. The molecular weight excluding hydrogens is 228 g/mol. The molecule has 0 aromatic heterocycles. The molecule has 0 aliphatic carbocycles. The molecule has 0 saturated heterocycles. The van der Waals surface area contributed by atoms with Crippen molar-refractivity contribution in [2.45, 2.75) is 26.1 Å². The zero-order valence-electron chi connectivity index (χ0n) is 9.97. The maximum atomic E-state index is 11.0. The minimum absolute atomic E-state index is 0.297. The van der Waals surface area contributed by atoms with Gasteiger partial charge in [0.05, 0.1) is 0 Å². The number of guanidine groups is 1. The summed E-state index contributed by atoms with van der Waals surface area (Å²) in [4.78, 5) is 22.9. The Bertz CT molecular complexity index is 318. The fourth-order valence-corrected chi connectivity index (χ4v) is 1.21. The summed E-state index contributed by atoms with van der Waals surface area (Å²) >= 11 is 0. The molecule has 0 aromatic rings. The third-order valence-corrected chi connectivity index (χ3v) is 2.27. The zero-order chi connectivity index (χ0) is 13.7. The first-order valence-corrected chi connectivity index (χ1v) is 4.97. The second-order valence-electron chi connectivity index (χ2n) is 3.96. The number of rotatable bonds is 6. The average Bonchev–Trinajstić information content (AvgIpc) is 2.15. The molecular formula is C9H18N4O4. The van der Waals surface area contributed by atoms with Crippen LogP contribution in [0.15, 0.2) is 0 Å². The molecule has 0 aliphatic rings. The number of nitrogens with zero attached hydrogens (tertiary/aromatic N) is 1. The van der Waals surface area contributed by atoms with Crippen molar-refractivity contribution in [2.24, 2.45) is 11.7 Å². The van der Waals surface area contributed by atoms with Gasteiger partial charge in [0.2, 0.25) is 0 Å². The highest BCUT2D eigenvalue weighted by Crippen LogP contribution is 2.05. The van der Waals surface area contributed by atoms with Crippen LogP contribution in [-0.2, 0) is 9.59 Å². The smallest absolute Gasteiger partial charge is 0.341 e. The van der Waals surface area contributed by atoms with E-state index in [1.165, 1.54) is 7.05 Å². The van der Waals surface area contributed by atoms with Crippen molar-refractivity contribution in [2.75, 3.05) is 7.05 Å². The van der Waals surface area contributed by atoms with E-state index in [1.54, 1.807) is 13.8 Å². The minimum atomic E-state index is -1.35. The van der Waals surface area contributed by atoms with Gasteiger partial charge < -0.3 is 20.8 Å². The van der Waals surface area contributed by atoms with Gasteiger partial charge in [-0.3, -0.25) is 15.5 Å². The Kier molecular flexibility index (Phi) is 5.39. The molecule has 0 radical (unpaired) electrons. The van der Waals surface area contributed by atoms with Gasteiger partial charge >= 0.3 is 11.9 Å². The highest BCUT2D eigenvalue weighted by molar-refractivity contribution is 5.83. The van der Waals surface area contributed by atoms with Crippen LogP contribution in [0.2, 0.25) is 0 Å². The van der Waals surface area contributed by atoms with Crippen LogP contribution in [-0.4, -0.2) is 52.3 Å². The van der Waals surface area contributed by atoms with E-state index < -0.39 is 30.1 Å².